The molecule has 3 nitrogen and oxygen atoms in total. The molecule has 0 aliphatic heterocycles. The first-order valence-corrected chi connectivity index (χ1v) is 9.13. The molecule has 0 saturated heterocycles. The molecule has 2 rings (SSSR count). The van der Waals surface area contributed by atoms with Crippen LogP contribution in [0.1, 0.15) is 50.5 Å². The van der Waals surface area contributed by atoms with Gasteiger partial charge < -0.3 is 0 Å². The maximum absolute atomic E-state index is 12.0. The van der Waals surface area contributed by atoms with E-state index in [9.17, 15) is 8.42 Å². The van der Waals surface area contributed by atoms with Gasteiger partial charge in [-0.1, -0.05) is 29.3 Å². The van der Waals surface area contributed by atoms with Gasteiger partial charge in [0, 0.05) is 0 Å². The average Bonchev–Trinajstić information content (AvgIpc) is 2.48. The maximum atomic E-state index is 12.0. The van der Waals surface area contributed by atoms with E-state index >= 15 is 0 Å². The van der Waals surface area contributed by atoms with Crippen molar-refractivity contribution in [2.75, 3.05) is 6.61 Å². The third-order valence-electron chi connectivity index (χ3n) is 3.83. The first-order valence-electron chi connectivity index (χ1n) is 7.72. The Morgan fingerprint density at radius 3 is 2.52 bits per heavy atom. The summed E-state index contributed by atoms with van der Waals surface area (Å²) in [7, 11) is -3.60. The lowest BCUT2D eigenvalue weighted by Gasteiger charge is -2.12. The molecule has 1 aromatic rings. The Morgan fingerprint density at radius 2 is 1.86 bits per heavy atom. The minimum atomic E-state index is -3.60. The highest BCUT2D eigenvalue weighted by molar-refractivity contribution is 7.86. The highest BCUT2D eigenvalue weighted by atomic mass is 32.2. The zero-order valence-corrected chi connectivity index (χ0v) is 13.5. The van der Waals surface area contributed by atoms with Crippen LogP contribution in [0, 0.1) is 6.92 Å². The highest BCUT2D eigenvalue weighted by Gasteiger charge is 2.14. The zero-order chi connectivity index (χ0) is 15.1. The maximum Gasteiger partial charge on any atom is 0.296 e. The molecule has 0 unspecified atom stereocenters. The van der Waals surface area contributed by atoms with Crippen molar-refractivity contribution in [3.63, 3.8) is 0 Å². The van der Waals surface area contributed by atoms with Crippen LogP contribution in [0.15, 0.2) is 40.8 Å². The summed E-state index contributed by atoms with van der Waals surface area (Å²) in [6, 6.07) is 6.76. The smallest absolute Gasteiger partial charge is 0.266 e. The molecule has 1 aromatic carbocycles. The van der Waals surface area contributed by atoms with Crippen molar-refractivity contribution < 1.29 is 12.6 Å². The van der Waals surface area contributed by atoms with Gasteiger partial charge in [-0.3, -0.25) is 4.18 Å². The quantitative estimate of drug-likeness (QED) is 0.427. The van der Waals surface area contributed by atoms with E-state index in [-0.39, 0.29) is 11.5 Å². The van der Waals surface area contributed by atoms with Crippen molar-refractivity contribution in [2.24, 2.45) is 0 Å². The van der Waals surface area contributed by atoms with E-state index in [4.69, 9.17) is 4.18 Å². The molecule has 0 saturated carbocycles. The van der Waals surface area contributed by atoms with Gasteiger partial charge in [0.1, 0.15) is 0 Å². The van der Waals surface area contributed by atoms with Crippen LogP contribution in [0.3, 0.4) is 0 Å². The van der Waals surface area contributed by atoms with Crippen LogP contribution in [-0.4, -0.2) is 15.0 Å². The van der Waals surface area contributed by atoms with E-state index in [0.717, 1.165) is 24.8 Å². The highest BCUT2D eigenvalue weighted by Crippen LogP contribution is 2.22. The van der Waals surface area contributed by atoms with Crippen LogP contribution >= 0.6 is 0 Å². The molecular formula is C17H24O3S. The van der Waals surface area contributed by atoms with Crippen molar-refractivity contribution in [2.45, 2.75) is 56.8 Å². The van der Waals surface area contributed by atoms with Crippen molar-refractivity contribution in [1.82, 2.24) is 0 Å². The van der Waals surface area contributed by atoms with Gasteiger partial charge in [-0.2, -0.15) is 8.42 Å². The molecule has 0 heterocycles. The van der Waals surface area contributed by atoms with Gasteiger partial charge in [-0.05, 0) is 64.0 Å². The molecule has 0 N–H and O–H groups in total. The van der Waals surface area contributed by atoms with Crippen molar-refractivity contribution in [3.05, 3.63) is 41.5 Å². The fraction of sp³-hybridized carbons (Fsp3) is 0.529. The number of unbranched alkanes of at least 4 members (excludes halogenated alkanes) is 1. The Balaban J connectivity index is 1.72. The average molecular weight is 308 g/mol. The lowest BCUT2D eigenvalue weighted by molar-refractivity contribution is 0.308. The first-order chi connectivity index (χ1) is 10.1. The lowest BCUT2D eigenvalue weighted by Crippen LogP contribution is -2.07. The minimum Gasteiger partial charge on any atom is -0.266 e. The second-order valence-corrected chi connectivity index (χ2v) is 7.27. The summed E-state index contributed by atoms with van der Waals surface area (Å²) >= 11 is 0. The van der Waals surface area contributed by atoms with Gasteiger partial charge in [0.2, 0.25) is 0 Å². The number of allylic oxidation sites excluding steroid dienone is 2. The summed E-state index contributed by atoms with van der Waals surface area (Å²) in [6.45, 7) is 2.20. The summed E-state index contributed by atoms with van der Waals surface area (Å²) in [5.74, 6) is 0. The minimum absolute atomic E-state index is 0.239. The van der Waals surface area contributed by atoms with Gasteiger partial charge in [0.15, 0.2) is 0 Å². The molecule has 0 bridgehead atoms. The summed E-state index contributed by atoms with van der Waals surface area (Å²) in [4.78, 5) is 0.239. The van der Waals surface area contributed by atoms with E-state index in [2.05, 4.69) is 6.08 Å². The lowest BCUT2D eigenvalue weighted by atomic mass is 9.96. The predicted octanol–water partition coefficient (Wildman–Crippen LogP) is 4.37. The molecule has 0 spiro atoms. The van der Waals surface area contributed by atoms with Crippen LogP contribution < -0.4 is 0 Å². The van der Waals surface area contributed by atoms with Crippen LogP contribution in [0.5, 0.6) is 0 Å². The molecule has 0 aromatic heterocycles. The third kappa shape index (κ3) is 5.29. The second-order valence-electron chi connectivity index (χ2n) is 5.65. The Hall–Kier alpha value is -1.13. The molecule has 0 atom stereocenters. The number of hydrogen-bond acceptors (Lipinski definition) is 3. The molecule has 0 fully saturated rings. The molecule has 1 aliphatic carbocycles. The normalized spacial score (nSPS) is 15.8. The van der Waals surface area contributed by atoms with Crippen molar-refractivity contribution in [3.8, 4) is 0 Å². The van der Waals surface area contributed by atoms with Crippen LogP contribution in [0.4, 0.5) is 0 Å². The van der Waals surface area contributed by atoms with Gasteiger partial charge in [-0.25, -0.2) is 0 Å². The monoisotopic (exact) mass is 308 g/mol. The number of hydrogen-bond donors (Lipinski definition) is 0. The van der Waals surface area contributed by atoms with E-state index in [1.807, 2.05) is 6.92 Å². The first kappa shape index (κ1) is 16.2. The van der Waals surface area contributed by atoms with Gasteiger partial charge in [0.25, 0.3) is 10.1 Å². The largest absolute Gasteiger partial charge is 0.296 e. The second kappa shape index (κ2) is 7.76. The summed E-state index contributed by atoms with van der Waals surface area (Å²) < 4.78 is 29.0. The van der Waals surface area contributed by atoms with Gasteiger partial charge >= 0.3 is 0 Å². The van der Waals surface area contributed by atoms with Gasteiger partial charge in [0.05, 0.1) is 11.5 Å². The van der Waals surface area contributed by atoms with E-state index in [1.165, 1.54) is 31.3 Å². The molecule has 1 aliphatic rings. The Kier molecular flexibility index (Phi) is 6.00. The number of benzene rings is 1. The standard InChI is InChI=1S/C17H24O3S/c1-15-10-12-17(13-11-15)21(18,19)20-14-6-5-9-16-7-3-2-4-8-16/h7,10-13H,2-6,8-9,14H2,1H3. The molecule has 0 amide bonds. The van der Waals surface area contributed by atoms with Crippen molar-refractivity contribution in [1.29, 1.82) is 0 Å². The predicted molar refractivity (Wildman–Crippen MR) is 84.7 cm³/mol. The van der Waals surface area contributed by atoms with Crippen LogP contribution in [0.25, 0.3) is 0 Å². The fourth-order valence-corrected chi connectivity index (χ4v) is 3.47. The number of aryl methyl sites for hydroxylation is 1. The molecule has 116 valence electrons. The van der Waals surface area contributed by atoms with Gasteiger partial charge in [-0.15, -0.1) is 0 Å². The SMILES string of the molecule is Cc1ccc(S(=O)(=O)OCCCCC2=CCCCC2)cc1. The topological polar surface area (TPSA) is 43.4 Å². The molecular weight excluding hydrogens is 284 g/mol. The summed E-state index contributed by atoms with van der Waals surface area (Å²) in [6.07, 6.45) is 10.2. The Morgan fingerprint density at radius 1 is 1.10 bits per heavy atom. The van der Waals surface area contributed by atoms with E-state index in [1.54, 1.807) is 24.3 Å². The Bertz CT molecular complexity index is 571. The van der Waals surface area contributed by atoms with Crippen LogP contribution in [-0.2, 0) is 14.3 Å². The molecule has 21 heavy (non-hydrogen) atoms. The zero-order valence-electron chi connectivity index (χ0n) is 12.7. The third-order valence-corrected chi connectivity index (χ3v) is 5.15. The summed E-state index contributed by atoms with van der Waals surface area (Å²) in [5, 5.41) is 0. The fourth-order valence-electron chi connectivity index (χ4n) is 2.53. The molecule has 0 radical (unpaired) electrons. The summed E-state index contributed by atoms with van der Waals surface area (Å²) in [5.41, 5.74) is 2.57. The van der Waals surface area contributed by atoms with E-state index < -0.39 is 10.1 Å². The van der Waals surface area contributed by atoms with E-state index in [0.29, 0.717) is 0 Å². The molecule has 4 heteroatoms. The Labute approximate surface area is 128 Å². The van der Waals surface area contributed by atoms with Crippen LogP contribution in [0.2, 0.25) is 0 Å². The number of rotatable bonds is 7. The van der Waals surface area contributed by atoms with Crippen molar-refractivity contribution >= 4 is 10.1 Å².